The molecule has 0 aliphatic carbocycles. The van der Waals surface area contributed by atoms with Crippen molar-refractivity contribution in [3.05, 3.63) is 22.8 Å². The van der Waals surface area contributed by atoms with Gasteiger partial charge >= 0.3 is 6.18 Å². The van der Waals surface area contributed by atoms with Gasteiger partial charge in [0, 0.05) is 18.0 Å². The van der Waals surface area contributed by atoms with Crippen LogP contribution in [0.1, 0.15) is 12.5 Å². The van der Waals surface area contributed by atoms with Gasteiger partial charge in [-0.15, -0.1) is 0 Å². The smallest absolute Gasteiger partial charge is 0.368 e. The lowest BCUT2D eigenvalue weighted by atomic mass is 10.3. The Morgan fingerprint density at radius 1 is 1.53 bits per heavy atom. The lowest BCUT2D eigenvalue weighted by Gasteiger charge is -2.13. The molecule has 1 aromatic heterocycles. The lowest BCUT2D eigenvalue weighted by Crippen LogP contribution is -2.14. The quantitative estimate of drug-likeness (QED) is 0.907. The molecular weight excluding hydrogens is 273 g/mol. The maximum atomic E-state index is 12.3. The normalized spacial score (nSPS) is 13.5. The number of aromatic nitrogens is 1. The lowest BCUT2D eigenvalue weighted by molar-refractivity contribution is -0.137. The second kappa shape index (κ2) is 5.82. The molecule has 0 aliphatic heterocycles. The minimum atomic E-state index is -4.41. The largest absolute Gasteiger partial charge is 0.417 e. The molecule has 2 nitrogen and oxygen atoms in total. The van der Waals surface area contributed by atoms with E-state index in [1.807, 2.05) is 13.2 Å². The van der Waals surface area contributed by atoms with E-state index in [-0.39, 0.29) is 10.8 Å². The number of hydrogen-bond donors (Lipinski definition) is 1. The zero-order valence-electron chi connectivity index (χ0n) is 9.31. The molecule has 17 heavy (non-hydrogen) atoms. The van der Waals surface area contributed by atoms with Crippen molar-refractivity contribution < 1.29 is 13.2 Å². The van der Waals surface area contributed by atoms with Crippen molar-refractivity contribution in [1.82, 2.24) is 4.98 Å². The average molecular weight is 285 g/mol. The van der Waals surface area contributed by atoms with Crippen molar-refractivity contribution >= 4 is 29.2 Å². The summed E-state index contributed by atoms with van der Waals surface area (Å²) < 4.78 is 37.0. The first-order valence-electron chi connectivity index (χ1n) is 4.84. The number of anilines is 1. The van der Waals surface area contributed by atoms with Crippen molar-refractivity contribution in [1.29, 1.82) is 0 Å². The SMILES string of the molecule is CSC(C)CNc1ncc(C(F)(F)F)cc1Cl. The Morgan fingerprint density at radius 2 is 2.18 bits per heavy atom. The molecule has 0 aromatic carbocycles. The molecule has 0 amide bonds. The fraction of sp³-hybridized carbons (Fsp3) is 0.500. The van der Waals surface area contributed by atoms with Crippen LogP contribution >= 0.6 is 23.4 Å². The summed E-state index contributed by atoms with van der Waals surface area (Å²) >= 11 is 7.37. The van der Waals surface area contributed by atoms with Crippen molar-refractivity contribution in [2.45, 2.75) is 18.3 Å². The third-order valence-corrected chi connectivity index (χ3v) is 3.39. The molecule has 1 aromatic rings. The topological polar surface area (TPSA) is 24.9 Å². The second-order valence-electron chi connectivity index (χ2n) is 3.48. The highest BCUT2D eigenvalue weighted by Gasteiger charge is 2.31. The van der Waals surface area contributed by atoms with E-state index in [1.165, 1.54) is 0 Å². The number of pyridine rings is 1. The molecule has 0 aliphatic rings. The fourth-order valence-corrected chi connectivity index (χ4v) is 1.53. The molecule has 0 saturated heterocycles. The maximum absolute atomic E-state index is 12.3. The van der Waals surface area contributed by atoms with Crippen molar-refractivity contribution in [2.75, 3.05) is 18.1 Å². The first-order valence-corrected chi connectivity index (χ1v) is 6.50. The molecule has 1 N–H and O–H groups in total. The Balaban J connectivity index is 2.77. The summed E-state index contributed by atoms with van der Waals surface area (Å²) in [5.74, 6) is 0.278. The van der Waals surface area contributed by atoms with Gasteiger partial charge in [-0.25, -0.2) is 4.98 Å². The molecule has 0 saturated carbocycles. The van der Waals surface area contributed by atoms with Crippen LogP contribution in [-0.4, -0.2) is 23.0 Å². The van der Waals surface area contributed by atoms with E-state index in [0.29, 0.717) is 11.8 Å². The highest BCUT2D eigenvalue weighted by atomic mass is 35.5. The highest BCUT2D eigenvalue weighted by molar-refractivity contribution is 7.99. The summed E-state index contributed by atoms with van der Waals surface area (Å²) in [6.45, 7) is 2.59. The number of nitrogens with zero attached hydrogens (tertiary/aromatic N) is 1. The first kappa shape index (κ1) is 14.4. The van der Waals surface area contributed by atoms with Gasteiger partial charge in [-0.1, -0.05) is 18.5 Å². The Bertz CT molecular complexity index is 384. The summed E-state index contributed by atoms with van der Waals surface area (Å²) in [7, 11) is 0. The maximum Gasteiger partial charge on any atom is 0.417 e. The van der Waals surface area contributed by atoms with E-state index in [0.717, 1.165) is 12.3 Å². The predicted octanol–water partition coefficient (Wildman–Crippen LogP) is 3.92. The Labute approximate surface area is 107 Å². The van der Waals surface area contributed by atoms with Gasteiger partial charge in [-0.05, 0) is 12.3 Å². The Morgan fingerprint density at radius 3 is 2.65 bits per heavy atom. The van der Waals surface area contributed by atoms with Gasteiger partial charge in [0.05, 0.1) is 10.6 Å². The van der Waals surface area contributed by atoms with Gasteiger partial charge in [0.25, 0.3) is 0 Å². The van der Waals surface area contributed by atoms with E-state index in [9.17, 15) is 13.2 Å². The summed E-state index contributed by atoms with van der Waals surface area (Å²) in [6, 6.07) is 0.876. The summed E-state index contributed by atoms with van der Waals surface area (Å²) in [6.07, 6.45) is -1.69. The third kappa shape index (κ3) is 4.27. The first-order chi connectivity index (χ1) is 7.84. The number of rotatable bonds is 4. The Kier molecular flexibility index (Phi) is 4.94. The summed E-state index contributed by atoms with van der Waals surface area (Å²) in [5, 5.41) is 3.22. The van der Waals surface area contributed by atoms with Crippen LogP contribution in [0.5, 0.6) is 0 Å². The summed E-state index contributed by atoms with van der Waals surface area (Å²) in [4.78, 5) is 3.68. The predicted molar refractivity (Wildman–Crippen MR) is 65.7 cm³/mol. The van der Waals surface area contributed by atoms with E-state index in [1.54, 1.807) is 11.8 Å². The standard InChI is InChI=1S/C10H12ClF3N2S/c1-6(17-2)4-15-9-8(11)3-7(5-16-9)10(12,13)14/h3,5-6H,4H2,1-2H3,(H,15,16). The van der Waals surface area contributed by atoms with E-state index in [4.69, 9.17) is 11.6 Å². The van der Waals surface area contributed by atoms with Crippen LogP contribution in [-0.2, 0) is 6.18 Å². The van der Waals surface area contributed by atoms with Crippen molar-refractivity contribution in [3.8, 4) is 0 Å². The minimum Gasteiger partial charge on any atom is -0.368 e. The number of halogens is 4. The number of alkyl halides is 3. The molecule has 96 valence electrons. The van der Waals surface area contributed by atoms with E-state index >= 15 is 0 Å². The summed E-state index contributed by atoms with van der Waals surface area (Å²) in [5.41, 5.74) is -0.842. The number of nitrogens with one attached hydrogen (secondary N) is 1. The van der Waals surface area contributed by atoms with Gasteiger partial charge in [0.15, 0.2) is 0 Å². The highest BCUT2D eigenvalue weighted by Crippen LogP contribution is 2.32. The van der Waals surface area contributed by atoms with Crippen molar-refractivity contribution in [2.24, 2.45) is 0 Å². The monoisotopic (exact) mass is 284 g/mol. The molecule has 1 heterocycles. The molecule has 0 bridgehead atoms. The Hall–Kier alpha value is -0.620. The van der Waals surface area contributed by atoms with Crippen molar-refractivity contribution in [3.63, 3.8) is 0 Å². The van der Waals surface area contributed by atoms with Crippen LogP contribution in [0.15, 0.2) is 12.3 Å². The molecule has 7 heteroatoms. The zero-order chi connectivity index (χ0) is 13.1. The molecule has 1 atom stereocenters. The molecule has 0 fully saturated rings. The van der Waals surface area contributed by atoms with E-state index in [2.05, 4.69) is 10.3 Å². The third-order valence-electron chi connectivity index (χ3n) is 2.13. The fourth-order valence-electron chi connectivity index (χ4n) is 1.05. The molecule has 0 radical (unpaired) electrons. The zero-order valence-corrected chi connectivity index (χ0v) is 10.9. The van der Waals surface area contributed by atoms with Gasteiger partial charge in [0.1, 0.15) is 5.82 Å². The molecule has 1 rings (SSSR count). The number of hydrogen-bond acceptors (Lipinski definition) is 3. The van der Waals surface area contributed by atoms with Crippen LogP contribution < -0.4 is 5.32 Å². The number of thioether (sulfide) groups is 1. The molecule has 1 unspecified atom stereocenters. The van der Waals surface area contributed by atoms with Gasteiger partial charge in [0.2, 0.25) is 0 Å². The molecular formula is C10H12ClF3N2S. The molecule has 0 spiro atoms. The van der Waals surface area contributed by atoms with Crippen LogP contribution in [0.25, 0.3) is 0 Å². The minimum absolute atomic E-state index is 0.0203. The van der Waals surface area contributed by atoms with Gasteiger partial charge in [-0.2, -0.15) is 24.9 Å². The van der Waals surface area contributed by atoms with Crippen LogP contribution in [0.2, 0.25) is 5.02 Å². The average Bonchev–Trinajstić information content (AvgIpc) is 2.25. The second-order valence-corrected chi connectivity index (χ2v) is 5.16. The van der Waals surface area contributed by atoms with Gasteiger partial charge in [-0.3, -0.25) is 0 Å². The van der Waals surface area contributed by atoms with Crippen LogP contribution in [0.4, 0.5) is 19.0 Å². The van der Waals surface area contributed by atoms with Gasteiger partial charge < -0.3 is 5.32 Å². The van der Waals surface area contributed by atoms with Crippen LogP contribution in [0, 0.1) is 0 Å². The van der Waals surface area contributed by atoms with E-state index < -0.39 is 11.7 Å². The van der Waals surface area contributed by atoms with Crippen LogP contribution in [0.3, 0.4) is 0 Å².